The Bertz CT molecular complexity index is 986. The molecule has 200 valence electrons. The maximum atomic E-state index is 12.3. The lowest BCUT2D eigenvalue weighted by Crippen LogP contribution is -2.59. The van der Waals surface area contributed by atoms with Gasteiger partial charge >= 0.3 is 11.9 Å². The molecule has 0 N–H and O–H groups in total. The van der Waals surface area contributed by atoms with Gasteiger partial charge in [-0.1, -0.05) is 65.3 Å². The Balaban J connectivity index is 1.64. The minimum absolute atomic E-state index is 0.179. The Morgan fingerprint density at radius 2 is 1.72 bits per heavy atom. The van der Waals surface area contributed by atoms with Crippen molar-refractivity contribution >= 4 is 11.9 Å². The number of carbonyl (C=O) groups excluding carboxylic acids is 2. The number of allylic oxidation sites excluding steroid dienone is 5. The molecule has 36 heavy (non-hydrogen) atoms. The quantitative estimate of drug-likeness (QED) is 0.279. The molecule has 0 amide bonds. The van der Waals surface area contributed by atoms with Gasteiger partial charge in [0.15, 0.2) is 0 Å². The number of esters is 2. The summed E-state index contributed by atoms with van der Waals surface area (Å²) >= 11 is 0. The van der Waals surface area contributed by atoms with Crippen LogP contribution in [0.2, 0.25) is 0 Å². The second kappa shape index (κ2) is 9.80. The maximum Gasteiger partial charge on any atom is 0.303 e. The average molecular weight is 497 g/mol. The molecule has 0 radical (unpaired) electrons. The third-order valence-electron chi connectivity index (χ3n) is 10.6. The number of fused-ring (bicyclic) bond motifs is 4. The van der Waals surface area contributed by atoms with Gasteiger partial charge in [-0.2, -0.15) is 0 Å². The molecule has 4 heteroatoms. The van der Waals surface area contributed by atoms with Gasteiger partial charge in [0.1, 0.15) is 11.7 Å². The van der Waals surface area contributed by atoms with Crippen LogP contribution in [-0.2, 0) is 19.1 Å². The molecule has 4 nitrogen and oxygen atoms in total. The van der Waals surface area contributed by atoms with Crippen LogP contribution in [0.5, 0.6) is 0 Å². The Morgan fingerprint density at radius 3 is 2.36 bits per heavy atom. The van der Waals surface area contributed by atoms with E-state index in [1.807, 2.05) is 0 Å². The van der Waals surface area contributed by atoms with Gasteiger partial charge < -0.3 is 9.47 Å². The van der Waals surface area contributed by atoms with E-state index in [-0.39, 0.29) is 28.9 Å². The molecular weight excluding hydrogens is 448 g/mol. The smallest absolute Gasteiger partial charge is 0.303 e. The second-order valence-corrected chi connectivity index (χ2v) is 13.1. The Hall–Kier alpha value is -1.84. The fraction of sp³-hybridized carbons (Fsp3) is 0.750. The topological polar surface area (TPSA) is 52.6 Å². The predicted octanol–water partition coefficient (Wildman–Crippen LogP) is 7.73. The number of ether oxygens (including phenoxy) is 2. The number of carbonyl (C=O) groups is 2. The molecule has 4 unspecified atom stereocenters. The first-order valence-corrected chi connectivity index (χ1v) is 14.3. The van der Waals surface area contributed by atoms with Crippen molar-refractivity contribution in [3.05, 3.63) is 34.9 Å². The Labute approximate surface area is 219 Å². The molecule has 0 aromatic heterocycles. The van der Waals surface area contributed by atoms with E-state index in [0.29, 0.717) is 30.1 Å². The van der Waals surface area contributed by atoms with Gasteiger partial charge in [0, 0.05) is 25.7 Å². The monoisotopic (exact) mass is 496 g/mol. The van der Waals surface area contributed by atoms with Crippen molar-refractivity contribution in [3.8, 4) is 0 Å². The highest BCUT2D eigenvalue weighted by Crippen LogP contribution is 2.66. The minimum Gasteiger partial charge on any atom is -0.462 e. The molecular formula is C32H48O4. The number of rotatable bonds is 6. The summed E-state index contributed by atoms with van der Waals surface area (Å²) in [5.41, 5.74) is 4.04. The van der Waals surface area contributed by atoms with Gasteiger partial charge in [-0.3, -0.25) is 9.59 Å². The standard InChI is InChI=1S/C32H48O4/c1-20(2)21(3)9-10-22(4)27-11-12-28-26-14-18-32(36-24(6)34)19-25(35-23(5)33)13-17-31(32,8)29(26)15-16-30(27,28)7/h9-10,12,20-22,25,27H,11,13-19H2,1-8H3/b10-9+/t21-,22+,25?,27?,30?,31?,32+/m0/s1. The highest BCUT2D eigenvalue weighted by atomic mass is 16.6. The number of hydrogen-bond acceptors (Lipinski definition) is 4. The first-order valence-electron chi connectivity index (χ1n) is 14.3. The molecule has 4 rings (SSSR count). The summed E-state index contributed by atoms with van der Waals surface area (Å²) in [4.78, 5) is 24.0. The second-order valence-electron chi connectivity index (χ2n) is 13.1. The van der Waals surface area contributed by atoms with E-state index in [1.165, 1.54) is 19.4 Å². The largest absolute Gasteiger partial charge is 0.462 e. The SMILES string of the molecule is CC(=O)OC1CCC2(C)C3=C(CC[C@@]2(OC(C)=O)C1)C1=CCC([C@H](C)/C=C/[C@H](C)C(C)C)C1(C)CC3. The fourth-order valence-corrected chi connectivity index (χ4v) is 8.14. The van der Waals surface area contributed by atoms with Crippen LogP contribution in [0.15, 0.2) is 34.9 Å². The van der Waals surface area contributed by atoms with Crippen LogP contribution in [0.25, 0.3) is 0 Å². The summed E-state index contributed by atoms with van der Waals surface area (Å²) < 4.78 is 11.9. The lowest BCUT2D eigenvalue weighted by molar-refractivity contribution is -0.194. The first kappa shape index (κ1) is 27.2. The van der Waals surface area contributed by atoms with Crippen LogP contribution < -0.4 is 0 Å². The van der Waals surface area contributed by atoms with Crippen LogP contribution in [0, 0.1) is 34.5 Å². The molecule has 0 aliphatic heterocycles. The van der Waals surface area contributed by atoms with Crippen LogP contribution in [-0.4, -0.2) is 23.6 Å². The maximum absolute atomic E-state index is 12.3. The van der Waals surface area contributed by atoms with E-state index >= 15 is 0 Å². The molecule has 0 spiro atoms. The number of hydrogen-bond donors (Lipinski definition) is 0. The van der Waals surface area contributed by atoms with Crippen molar-refractivity contribution in [2.75, 3.05) is 0 Å². The zero-order valence-electron chi connectivity index (χ0n) is 23.9. The molecule has 1 saturated carbocycles. The zero-order valence-corrected chi connectivity index (χ0v) is 23.9. The first-order chi connectivity index (χ1) is 16.8. The third-order valence-corrected chi connectivity index (χ3v) is 10.6. The molecule has 4 aliphatic carbocycles. The molecule has 7 atom stereocenters. The summed E-state index contributed by atoms with van der Waals surface area (Å²) in [6.45, 7) is 17.1. The van der Waals surface area contributed by atoms with Crippen LogP contribution in [0.4, 0.5) is 0 Å². The fourth-order valence-electron chi connectivity index (χ4n) is 8.14. The van der Waals surface area contributed by atoms with E-state index in [2.05, 4.69) is 59.8 Å². The van der Waals surface area contributed by atoms with Crippen molar-refractivity contribution in [3.63, 3.8) is 0 Å². The molecule has 0 saturated heterocycles. The molecule has 4 aliphatic rings. The van der Waals surface area contributed by atoms with Crippen LogP contribution >= 0.6 is 0 Å². The molecule has 0 bridgehead atoms. The van der Waals surface area contributed by atoms with E-state index in [9.17, 15) is 9.59 Å². The van der Waals surface area contributed by atoms with Crippen molar-refractivity contribution in [2.24, 2.45) is 34.5 Å². The van der Waals surface area contributed by atoms with E-state index < -0.39 is 5.60 Å². The molecule has 0 aromatic rings. The average Bonchev–Trinajstić information content (AvgIpc) is 3.14. The third kappa shape index (κ3) is 4.52. The van der Waals surface area contributed by atoms with Gasteiger partial charge in [0.2, 0.25) is 0 Å². The van der Waals surface area contributed by atoms with Crippen molar-refractivity contribution < 1.29 is 19.1 Å². The zero-order chi connectivity index (χ0) is 26.5. The minimum atomic E-state index is -0.592. The van der Waals surface area contributed by atoms with Gasteiger partial charge in [-0.25, -0.2) is 0 Å². The van der Waals surface area contributed by atoms with Crippen LogP contribution in [0.1, 0.15) is 107 Å². The lowest BCUT2D eigenvalue weighted by atomic mass is 9.49. The Morgan fingerprint density at radius 1 is 1.00 bits per heavy atom. The highest BCUT2D eigenvalue weighted by Gasteiger charge is 2.61. The highest BCUT2D eigenvalue weighted by molar-refractivity contribution is 5.68. The van der Waals surface area contributed by atoms with Gasteiger partial charge in [0.05, 0.1) is 0 Å². The van der Waals surface area contributed by atoms with Gasteiger partial charge in [0.25, 0.3) is 0 Å². The summed E-state index contributed by atoms with van der Waals surface area (Å²) in [6.07, 6.45) is 14.7. The van der Waals surface area contributed by atoms with Gasteiger partial charge in [-0.15, -0.1) is 0 Å². The van der Waals surface area contributed by atoms with Gasteiger partial charge in [-0.05, 0) is 85.2 Å². The summed E-state index contributed by atoms with van der Waals surface area (Å²) in [5.74, 6) is 1.96. The van der Waals surface area contributed by atoms with Crippen molar-refractivity contribution in [1.29, 1.82) is 0 Å². The summed E-state index contributed by atoms with van der Waals surface area (Å²) in [6, 6.07) is 0. The molecule has 0 heterocycles. The lowest BCUT2D eigenvalue weighted by Gasteiger charge is -2.59. The molecule has 1 fully saturated rings. The van der Waals surface area contributed by atoms with Crippen molar-refractivity contribution in [1.82, 2.24) is 0 Å². The van der Waals surface area contributed by atoms with Crippen molar-refractivity contribution in [2.45, 2.75) is 118 Å². The van der Waals surface area contributed by atoms with Crippen LogP contribution in [0.3, 0.4) is 0 Å². The Kier molecular flexibility index (Phi) is 7.40. The van der Waals surface area contributed by atoms with E-state index in [4.69, 9.17) is 9.47 Å². The van der Waals surface area contributed by atoms with E-state index in [1.54, 1.807) is 11.1 Å². The van der Waals surface area contributed by atoms with E-state index in [0.717, 1.165) is 44.9 Å². The predicted molar refractivity (Wildman–Crippen MR) is 144 cm³/mol. The summed E-state index contributed by atoms with van der Waals surface area (Å²) in [5, 5.41) is 0. The normalized spacial score (nSPS) is 37.6. The summed E-state index contributed by atoms with van der Waals surface area (Å²) in [7, 11) is 0. The molecule has 0 aromatic carbocycles.